The Morgan fingerprint density at radius 2 is 1.39 bits per heavy atom. The molecule has 0 bridgehead atoms. The molecule has 0 radical (unpaired) electrons. The van der Waals surface area contributed by atoms with Crippen LogP contribution < -0.4 is 10.1 Å². The fourth-order valence-corrected chi connectivity index (χ4v) is 2.63. The van der Waals surface area contributed by atoms with Crippen LogP contribution in [0.1, 0.15) is 45.4 Å². The van der Waals surface area contributed by atoms with Gasteiger partial charge in [0.2, 0.25) is 5.83 Å². The number of carbonyl (C=O) groups excluding carboxylic acids is 1. The lowest BCUT2D eigenvalue weighted by molar-refractivity contribution is -0.392. The van der Waals surface area contributed by atoms with Gasteiger partial charge in [-0.1, -0.05) is 51.2 Å². The lowest BCUT2D eigenvalue weighted by Gasteiger charge is -2.32. The Bertz CT molecular complexity index is 901. The number of nitrogens with one attached hydrogen (secondary N) is 1. The highest BCUT2D eigenvalue weighted by molar-refractivity contribution is 5.86. The number of halogens is 11. The number of hydrogen-bond acceptors (Lipinski definition) is 3. The van der Waals surface area contributed by atoms with E-state index in [4.69, 9.17) is 4.74 Å². The molecular formula is C21H22F11NO3. The maximum atomic E-state index is 13.9. The van der Waals surface area contributed by atoms with Gasteiger partial charge in [0.25, 0.3) is 0 Å². The van der Waals surface area contributed by atoms with E-state index in [9.17, 15) is 53.1 Å². The summed E-state index contributed by atoms with van der Waals surface area (Å²) in [5.41, 5.74) is -0.552. The molecule has 36 heavy (non-hydrogen) atoms. The molecule has 1 aromatic rings. The number of allylic oxidation sites excluding steroid dienone is 1. The average Bonchev–Trinajstić information content (AvgIpc) is 2.78. The minimum Gasteiger partial charge on any atom is -0.449 e. The number of hydrogen-bond donors (Lipinski definition) is 1. The van der Waals surface area contributed by atoms with Crippen LogP contribution in [0.4, 0.5) is 58.8 Å². The Morgan fingerprint density at radius 1 is 0.833 bits per heavy atom. The number of unbranched alkanes of at least 4 members (excludes halogenated alkanes) is 5. The van der Waals surface area contributed by atoms with Gasteiger partial charge in [0.05, 0.1) is 12.3 Å². The zero-order valence-corrected chi connectivity index (χ0v) is 18.6. The van der Waals surface area contributed by atoms with E-state index in [1.165, 1.54) is 6.07 Å². The lowest BCUT2D eigenvalue weighted by atomic mass is 10.0. The summed E-state index contributed by atoms with van der Waals surface area (Å²) >= 11 is 0. The van der Waals surface area contributed by atoms with Gasteiger partial charge in [-0.15, -0.1) is 0 Å². The molecule has 4 nitrogen and oxygen atoms in total. The van der Waals surface area contributed by atoms with Crippen LogP contribution in [0, 0.1) is 0 Å². The zero-order chi connectivity index (χ0) is 27.8. The molecule has 0 heterocycles. The van der Waals surface area contributed by atoms with Crippen molar-refractivity contribution in [3.63, 3.8) is 0 Å². The van der Waals surface area contributed by atoms with Gasteiger partial charge in [-0.25, -0.2) is 4.79 Å². The largest absolute Gasteiger partial charge is 0.460 e. The maximum Gasteiger partial charge on any atom is 0.460 e. The van der Waals surface area contributed by atoms with E-state index < -0.39 is 53.3 Å². The predicted octanol–water partition coefficient (Wildman–Crippen LogP) is 8.55. The molecule has 0 aromatic heterocycles. The van der Waals surface area contributed by atoms with Gasteiger partial charge >= 0.3 is 36.1 Å². The fourth-order valence-electron chi connectivity index (χ4n) is 2.63. The molecule has 206 valence electrons. The topological polar surface area (TPSA) is 47.6 Å². The summed E-state index contributed by atoms with van der Waals surface area (Å²) in [6, 6.07) is 0.638. The molecule has 0 unspecified atom stereocenters. The number of ether oxygens (including phenoxy) is 2. The van der Waals surface area contributed by atoms with Crippen molar-refractivity contribution in [1.82, 2.24) is 0 Å². The molecule has 0 fully saturated rings. The van der Waals surface area contributed by atoms with E-state index in [0.717, 1.165) is 50.3 Å². The molecule has 0 spiro atoms. The predicted molar refractivity (Wildman–Crippen MR) is 106 cm³/mol. The van der Waals surface area contributed by atoms with Crippen molar-refractivity contribution in [3.8, 4) is 5.75 Å². The Morgan fingerprint density at radius 3 is 1.97 bits per heavy atom. The second kappa shape index (κ2) is 12.5. The number of para-hydroxylation sites is 2. The summed E-state index contributed by atoms with van der Waals surface area (Å²) in [5, 5.41) is 1.98. The minimum absolute atomic E-state index is 0.0431. The molecule has 1 N–H and O–H groups in total. The molecule has 0 atom stereocenters. The molecule has 0 saturated carbocycles. The number of amides is 1. The van der Waals surface area contributed by atoms with Crippen LogP contribution in [0.2, 0.25) is 0 Å². The van der Waals surface area contributed by atoms with Crippen molar-refractivity contribution in [2.24, 2.45) is 0 Å². The monoisotopic (exact) mass is 545 g/mol. The van der Waals surface area contributed by atoms with Crippen LogP contribution in [0.25, 0.3) is 0 Å². The Balaban J connectivity index is 2.96. The lowest BCUT2D eigenvalue weighted by Crippen LogP contribution is -2.61. The quantitative estimate of drug-likeness (QED) is 0.154. The number of carbonyl (C=O) groups is 1. The highest BCUT2D eigenvalue weighted by Gasteiger charge is 2.83. The summed E-state index contributed by atoms with van der Waals surface area (Å²) in [6.07, 6.45) is -3.18. The number of alkyl halides is 9. The normalized spacial score (nSPS) is 13.8. The van der Waals surface area contributed by atoms with E-state index in [2.05, 4.69) is 4.74 Å². The molecule has 0 aliphatic carbocycles. The van der Waals surface area contributed by atoms with Crippen LogP contribution in [-0.4, -0.2) is 36.6 Å². The number of benzene rings is 1. The Kier molecular flexibility index (Phi) is 10.8. The van der Waals surface area contributed by atoms with Gasteiger partial charge in [-0.3, -0.25) is 5.32 Å². The van der Waals surface area contributed by atoms with Gasteiger partial charge in [-0.2, -0.15) is 48.3 Å². The van der Waals surface area contributed by atoms with E-state index in [1.54, 1.807) is 0 Å². The van der Waals surface area contributed by atoms with Crippen molar-refractivity contribution in [2.45, 2.75) is 69.4 Å². The van der Waals surface area contributed by atoms with Crippen LogP contribution in [0.15, 0.2) is 36.1 Å². The van der Waals surface area contributed by atoms with Crippen LogP contribution in [0.3, 0.4) is 0 Å². The summed E-state index contributed by atoms with van der Waals surface area (Å²) in [7, 11) is 0. The highest BCUT2D eigenvalue weighted by atomic mass is 19.4. The van der Waals surface area contributed by atoms with Crippen molar-refractivity contribution < 1.29 is 62.6 Å². The van der Waals surface area contributed by atoms with Crippen molar-refractivity contribution >= 4 is 11.8 Å². The second-order valence-electron chi connectivity index (χ2n) is 7.44. The maximum absolute atomic E-state index is 13.9. The van der Waals surface area contributed by atoms with E-state index >= 15 is 0 Å². The third-order valence-corrected chi connectivity index (χ3v) is 4.65. The van der Waals surface area contributed by atoms with Gasteiger partial charge in [0.1, 0.15) is 0 Å². The smallest absolute Gasteiger partial charge is 0.449 e. The SMILES string of the molecule is CCCCCCCCOC(=O)Nc1ccccc1OC(F)=C(F)C(F)(F)C(F)(F)C(F)(F)C(F)(F)F. The van der Waals surface area contributed by atoms with Crippen LogP contribution in [0.5, 0.6) is 5.75 Å². The summed E-state index contributed by atoms with van der Waals surface area (Å²) in [5.74, 6) is -26.9. The third kappa shape index (κ3) is 7.38. The first-order chi connectivity index (χ1) is 16.5. The van der Waals surface area contributed by atoms with Crippen molar-refractivity contribution in [3.05, 3.63) is 36.1 Å². The molecule has 0 aliphatic heterocycles. The molecule has 0 saturated heterocycles. The van der Waals surface area contributed by atoms with Crippen LogP contribution >= 0.6 is 0 Å². The number of anilines is 1. The van der Waals surface area contributed by atoms with E-state index in [1.807, 2.05) is 12.2 Å². The first-order valence-electron chi connectivity index (χ1n) is 10.5. The molecule has 15 heteroatoms. The highest BCUT2D eigenvalue weighted by Crippen LogP contribution is 2.55. The van der Waals surface area contributed by atoms with Crippen molar-refractivity contribution in [1.29, 1.82) is 0 Å². The first-order valence-corrected chi connectivity index (χ1v) is 10.5. The van der Waals surface area contributed by atoms with Gasteiger partial charge in [-0.05, 0) is 18.6 Å². The van der Waals surface area contributed by atoms with E-state index in [0.29, 0.717) is 6.42 Å². The second-order valence-corrected chi connectivity index (χ2v) is 7.44. The summed E-state index contributed by atoms with van der Waals surface area (Å²) < 4.78 is 152. The molecule has 1 aromatic carbocycles. The molecule has 1 rings (SSSR count). The summed E-state index contributed by atoms with van der Waals surface area (Å²) in [6.45, 7) is 1.98. The molecule has 0 aliphatic rings. The summed E-state index contributed by atoms with van der Waals surface area (Å²) in [4.78, 5) is 11.8. The van der Waals surface area contributed by atoms with Gasteiger partial charge < -0.3 is 9.47 Å². The van der Waals surface area contributed by atoms with Crippen LogP contribution in [-0.2, 0) is 4.74 Å². The molecule has 1 amide bonds. The van der Waals surface area contributed by atoms with Gasteiger partial charge in [0, 0.05) is 0 Å². The van der Waals surface area contributed by atoms with E-state index in [-0.39, 0.29) is 6.61 Å². The first kappa shape index (κ1) is 31.3. The Labute approximate surface area is 198 Å². The third-order valence-electron chi connectivity index (χ3n) is 4.65. The average molecular weight is 545 g/mol. The Hall–Kier alpha value is -2.74. The molecular weight excluding hydrogens is 523 g/mol. The van der Waals surface area contributed by atoms with Crippen molar-refractivity contribution in [2.75, 3.05) is 11.9 Å². The fraction of sp³-hybridized carbons (Fsp3) is 0.571. The van der Waals surface area contributed by atoms with Gasteiger partial charge in [0.15, 0.2) is 5.75 Å². The number of rotatable bonds is 13. The minimum atomic E-state index is -7.43. The zero-order valence-electron chi connectivity index (χ0n) is 18.6. The standard InChI is InChI=1S/C21H22F11NO3/c1-2-3-4-5-6-9-12-35-17(34)33-13-10-7-8-11-14(13)36-16(23)15(22)18(24,25)19(26,27)20(28,29)21(30,31)32/h7-8,10-11H,2-6,9,12H2,1H3,(H,33,34).